The molecule has 16 heavy (non-hydrogen) atoms. The Balaban J connectivity index is 0.00000128. The van der Waals surface area contributed by atoms with Crippen LogP contribution in [0.4, 0.5) is 4.39 Å². The molecule has 2 rings (SSSR count). The lowest BCUT2D eigenvalue weighted by Crippen LogP contribution is -2.27. The van der Waals surface area contributed by atoms with Gasteiger partial charge in [0.25, 0.3) is 0 Å². The maximum absolute atomic E-state index is 13.3. The van der Waals surface area contributed by atoms with Crippen LogP contribution in [-0.2, 0) is 6.42 Å². The molecule has 0 unspecified atom stereocenters. The van der Waals surface area contributed by atoms with Gasteiger partial charge in [0, 0.05) is 0 Å². The van der Waals surface area contributed by atoms with E-state index in [2.05, 4.69) is 5.32 Å². The third-order valence-corrected chi connectivity index (χ3v) is 3.24. The Morgan fingerprint density at radius 2 is 1.88 bits per heavy atom. The molecule has 1 aliphatic rings. The molecule has 0 aromatic heterocycles. The van der Waals surface area contributed by atoms with Gasteiger partial charge in [-0.3, -0.25) is 0 Å². The van der Waals surface area contributed by atoms with Crippen molar-refractivity contribution in [2.75, 3.05) is 13.1 Å². The highest BCUT2D eigenvalue weighted by Crippen LogP contribution is 2.19. The van der Waals surface area contributed by atoms with Crippen molar-refractivity contribution in [1.82, 2.24) is 5.32 Å². The van der Waals surface area contributed by atoms with Crippen LogP contribution in [0.5, 0.6) is 0 Å². The van der Waals surface area contributed by atoms with Crippen LogP contribution in [0.25, 0.3) is 0 Å². The summed E-state index contributed by atoms with van der Waals surface area (Å²) in [5, 5.41) is 3.35. The molecule has 1 fully saturated rings. The second-order valence-corrected chi connectivity index (χ2v) is 4.32. The Labute approximate surface area is 103 Å². The van der Waals surface area contributed by atoms with Crippen LogP contribution in [0.3, 0.4) is 0 Å². The molecule has 1 aliphatic heterocycles. The monoisotopic (exact) mass is 243 g/mol. The van der Waals surface area contributed by atoms with Gasteiger partial charge >= 0.3 is 0 Å². The van der Waals surface area contributed by atoms with Crippen molar-refractivity contribution in [1.29, 1.82) is 0 Å². The fourth-order valence-corrected chi connectivity index (χ4v) is 2.23. The van der Waals surface area contributed by atoms with Gasteiger partial charge in [-0.15, -0.1) is 12.4 Å². The summed E-state index contributed by atoms with van der Waals surface area (Å²) in [4.78, 5) is 0. The van der Waals surface area contributed by atoms with Gasteiger partial charge in [0.2, 0.25) is 0 Å². The number of nitrogens with one attached hydrogen (secondary N) is 1. The van der Waals surface area contributed by atoms with Crippen molar-refractivity contribution in [3.63, 3.8) is 0 Å². The molecule has 0 aliphatic carbocycles. The topological polar surface area (TPSA) is 12.0 Å². The normalized spacial score (nSPS) is 16.8. The van der Waals surface area contributed by atoms with E-state index in [9.17, 15) is 4.39 Å². The molecule has 1 aromatic carbocycles. The molecule has 0 amide bonds. The van der Waals surface area contributed by atoms with Crippen LogP contribution in [0.2, 0.25) is 0 Å². The van der Waals surface area contributed by atoms with Crippen LogP contribution in [0.1, 0.15) is 24.8 Å². The first-order valence-electron chi connectivity index (χ1n) is 5.80. The predicted octanol–water partition coefficient (Wildman–Crippen LogP) is 3.18. The molecule has 1 N–H and O–H groups in total. The van der Waals surface area contributed by atoms with Crippen LogP contribution < -0.4 is 5.32 Å². The molecule has 0 spiro atoms. The minimum atomic E-state index is -0.0496. The van der Waals surface area contributed by atoms with E-state index >= 15 is 0 Å². The highest BCUT2D eigenvalue weighted by atomic mass is 35.5. The van der Waals surface area contributed by atoms with Crippen molar-refractivity contribution in [3.05, 3.63) is 35.6 Å². The molecule has 0 atom stereocenters. The first kappa shape index (κ1) is 13.5. The van der Waals surface area contributed by atoms with Gasteiger partial charge in [0.15, 0.2) is 0 Å². The number of benzene rings is 1. The molecule has 0 bridgehead atoms. The Morgan fingerprint density at radius 1 is 1.19 bits per heavy atom. The lowest BCUT2D eigenvalue weighted by atomic mass is 9.91. The number of rotatable bonds is 3. The standard InChI is InChI=1S/C13H18FN.ClH/c14-13-4-2-1-3-12(13)6-5-11-7-9-15-10-8-11;/h1-4,11,15H,5-10H2;1H. The molecular formula is C13H19ClFN. The summed E-state index contributed by atoms with van der Waals surface area (Å²) in [7, 11) is 0. The third kappa shape index (κ3) is 3.76. The fourth-order valence-electron chi connectivity index (χ4n) is 2.23. The van der Waals surface area contributed by atoms with E-state index in [1.807, 2.05) is 12.1 Å². The SMILES string of the molecule is Cl.Fc1ccccc1CCC1CCNCC1. The summed E-state index contributed by atoms with van der Waals surface area (Å²) < 4.78 is 13.3. The summed E-state index contributed by atoms with van der Waals surface area (Å²) in [6.45, 7) is 2.25. The van der Waals surface area contributed by atoms with E-state index in [4.69, 9.17) is 0 Å². The number of hydrogen-bond donors (Lipinski definition) is 1. The smallest absolute Gasteiger partial charge is 0.126 e. The van der Waals surface area contributed by atoms with E-state index in [0.29, 0.717) is 0 Å². The van der Waals surface area contributed by atoms with Gasteiger partial charge in [-0.25, -0.2) is 4.39 Å². The van der Waals surface area contributed by atoms with Crippen molar-refractivity contribution >= 4 is 12.4 Å². The third-order valence-electron chi connectivity index (χ3n) is 3.24. The first-order chi connectivity index (χ1) is 7.36. The molecule has 0 saturated carbocycles. The molecule has 1 heterocycles. The van der Waals surface area contributed by atoms with E-state index in [0.717, 1.165) is 37.4 Å². The summed E-state index contributed by atoms with van der Waals surface area (Å²) in [6.07, 6.45) is 4.50. The fraction of sp³-hybridized carbons (Fsp3) is 0.538. The average Bonchev–Trinajstić information content (AvgIpc) is 2.29. The van der Waals surface area contributed by atoms with E-state index in [1.165, 1.54) is 12.8 Å². The second-order valence-electron chi connectivity index (χ2n) is 4.32. The van der Waals surface area contributed by atoms with Crippen LogP contribution in [0.15, 0.2) is 24.3 Å². The zero-order chi connectivity index (χ0) is 10.5. The van der Waals surface area contributed by atoms with Crippen molar-refractivity contribution in [3.8, 4) is 0 Å². The highest BCUT2D eigenvalue weighted by Gasteiger charge is 2.13. The minimum absolute atomic E-state index is 0. The lowest BCUT2D eigenvalue weighted by molar-refractivity contribution is 0.353. The number of aryl methyl sites for hydroxylation is 1. The van der Waals surface area contributed by atoms with Crippen molar-refractivity contribution in [2.45, 2.75) is 25.7 Å². The summed E-state index contributed by atoms with van der Waals surface area (Å²) in [5.41, 5.74) is 0.871. The molecule has 90 valence electrons. The summed E-state index contributed by atoms with van der Waals surface area (Å²) in [5.74, 6) is 0.734. The van der Waals surface area contributed by atoms with Crippen LogP contribution in [0, 0.1) is 11.7 Å². The molecule has 1 saturated heterocycles. The van der Waals surface area contributed by atoms with E-state index in [1.54, 1.807) is 12.1 Å². The number of halogens is 2. The second kappa shape index (κ2) is 6.87. The first-order valence-corrected chi connectivity index (χ1v) is 5.80. The van der Waals surface area contributed by atoms with Crippen molar-refractivity contribution < 1.29 is 4.39 Å². The Hall–Kier alpha value is -0.600. The van der Waals surface area contributed by atoms with E-state index < -0.39 is 0 Å². The maximum atomic E-state index is 13.3. The van der Waals surface area contributed by atoms with Gasteiger partial charge in [0.1, 0.15) is 5.82 Å². The zero-order valence-electron chi connectivity index (χ0n) is 9.42. The summed E-state index contributed by atoms with van der Waals surface area (Å²) in [6, 6.07) is 7.12. The average molecular weight is 244 g/mol. The molecule has 1 nitrogen and oxygen atoms in total. The largest absolute Gasteiger partial charge is 0.317 e. The number of piperidine rings is 1. The number of hydrogen-bond acceptors (Lipinski definition) is 1. The van der Waals surface area contributed by atoms with Gasteiger partial charge in [-0.1, -0.05) is 18.2 Å². The molecule has 0 radical (unpaired) electrons. The quantitative estimate of drug-likeness (QED) is 0.860. The maximum Gasteiger partial charge on any atom is 0.126 e. The molecule has 1 aromatic rings. The van der Waals surface area contributed by atoms with Crippen molar-refractivity contribution in [2.24, 2.45) is 5.92 Å². The predicted molar refractivity (Wildman–Crippen MR) is 67.6 cm³/mol. The molecular weight excluding hydrogens is 225 g/mol. The Kier molecular flexibility index (Phi) is 5.78. The Bertz CT molecular complexity index is 311. The van der Waals surface area contributed by atoms with Gasteiger partial charge in [-0.2, -0.15) is 0 Å². The zero-order valence-corrected chi connectivity index (χ0v) is 10.2. The van der Waals surface area contributed by atoms with Crippen LogP contribution in [-0.4, -0.2) is 13.1 Å². The summed E-state index contributed by atoms with van der Waals surface area (Å²) >= 11 is 0. The Morgan fingerprint density at radius 3 is 2.56 bits per heavy atom. The van der Waals surface area contributed by atoms with Gasteiger partial charge in [0.05, 0.1) is 0 Å². The van der Waals surface area contributed by atoms with Gasteiger partial charge < -0.3 is 5.32 Å². The minimum Gasteiger partial charge on any atom is -0.317 e. The lowest BCUT2D eigenvalue weighted by Gasteiger charge is -2.22. The van der Waals surface area contributed by atoms with Gasteiger partial charge in [-0.05, 0) is 56.3 Å². The van der Waals surface area contributed by atoms with E-state index in [-0.39, 0.29) is 18.2 Å². The highest BCUT2D eigenvalue weighted by molar-refractivity contribution is 5.85. The molecule has 3 heteroatoms. The van der Waals surface area contributed by atoms with Crippen LogP contribution >= 0.6 is 12.4 Å².